The number of rotatable bonds is 3. The Morgan fingerprint density at radius 3 is 2.77 bits per heavy atom. The van der Waals surface area contributed by atoms with Gasteiger partial charge in [-0.1, -0.05) is 23.7 Å². The van der Waals surface area contributed by atoms with Crippen LogP contribution in [0, 0.1) is 11.7 Å². The molecule has 1 fully saturated rings. The summed E-state index contributed by atoms with van der Waals surface area (Å²) >= 11 is 5.77. The lowest BCUT2D eigenvalue weighted by Gasteiger charge is -2.26. The molecule has 2 atom stereocenters. The van der Waals surface area contributed by atoms with E-state index in [9.17, 15) is 9.18 Å². The third-order valence-electron chi connectivity index (χ3n) is 4.01. The Hall–Kier alpha value is -2.31. The van der Waals surface area contributed by atoms with E-state index in [2.05, 4.69) is 5.32 Å². The molecule has 26 heavy (non-hydrogen) atoms. The Morgan fingerprint density at radius 1 is 1.31 bits per heavy atom. The molecule has 2 aromatic rings. The van der Waals surface area contributed by atoms with Gasteiger partial charge in [0, 0.05) is 37.8 Å². The lowest BCUT2D eigenvalue weighted by molar-refractivity contribution is -0.191. The molecule has 0 saturated carbocycles. The fourth-order valence-corrected chi connectivity index (χ4v) is 2.99. The normalized spacial score (nSPS) is 19.6. The van der Waals surface area contributed by atoms with Crippen LogP contribution >= 0.6 is 11.6 Å². The SMILES string of the molecule is O=C=O.O=c1ccccn1C[C@H]1CNCCO[C@@H]1c1ccc(Cl)c(F)c1. The second kappa shape index (κ2) is 9.99. The molecule has 0 radical (unpaired) electrons. The van der Waals surface area contributed by atoms with Crippen molar-refractivity contribution in [3.63, 3.8) is 0 Å². The van der Waals surface area contributed by atoms with E-state index in [0.29, 0.717) is 19.7 Å². The van der Waals surface area contributed by atoms with Gasteiger partial charge in [-0.05, 0) is 23.8 Å². The fourth-order valence-electron chi connectivity index (χ4n) is 2.87. The highest BCUT2D eigenvalue weighted by Crippen LogP contribution is 2.30. The van der Waals surface area contributed by atoms with Gasteiger partial charge in [0.25, 0.3) is 5.56 Å². The quantitative estimate of drug-likeness (QED) is 0.881. The number of carbonyl (C=O) groups excluding carboxylic acids is 2. The van der Waals surface area contributed by atoms with Gasteiger partial charge in [0.15, 0.2) is 0 Å². The number of benzene rings is 1. The van der Waals surface area contributed by atoms with Crippen LogP contribution in [0.25, 0.3) is 0 Å². The summed E-state index contributed by atoms with van der Waals surface area (Å²) in [7, 11) is 0. The zero-order valence-electron chi connectivity index (χ0n) is 13.9. The minimum absolute atomic E-state index is 0.0122. The molecule has 1 aliphatic rings. The second-order valence-electron chi connectivity index (χ2n) is 5.70. The van der Waals surface area contributed by atoms with Gasteiger partial charge in [0.05, 0.1) is 17.7 Å². The molecule has 1 saturated heterocycles. The molecule has 6 nitrogen and oxygen atoms in total. The number of aromatic nitrogens is 1. The molecule has 138 valence electrons. The molecule has 1 N–H and O–H groups in total. The predicted molar refractivity (Wildman–Crippen MR) is 92.2 cm³/mol. The van der Waals surface area contributed by atoms with Crippen molar-refractivity contribution in [3.8, 4) is 0 Å². The number of nitrogens with zero attached hydrogens (tertiary/aromatic N) is 1. The first-order chi connectivity index (χ1) is 12.6. The van der Waals surface area contributed by atoms with Gasteiger partial charge >= 0.3 is 6.15 Å². The van der Waals surface area contributed by atoms with Gasteiger partial charge in [-0.25, -0.2) is 4.39 Å². The minimum atomic E-state index is -0.458. The Morgan fingerprint density at radius 2 is 2.08 bits per heavy atom. The monoisotopic (exact) mass is 380 g/mol. The molecule has 0 aliphatic carbocycles. The zero-order chi connectivity index (χ0) is 18.9. The first kappa shape index (κ1) is 20.0. The summed E-state index contributed by atoms with van der Waals surface area (Å²) in [6, 6.07) is 9.80. The van der Waals surface area contributed by atoms with Crippen molar-refractivity contribution in [2.45, 2.75) is 12.6 Å². The van der Waals surface area contributed by atoms with Gasteiger partial charge in [-0.2, -0.15) is 9.59 Å². The summed E-state index contributed by atoms with van der Waals surface area (Å²) in [4.78, 5) is 28.2. The highest BCUT2D eigenvalue weighted by Gasteiger charge is 2.27. The molecule has 2 heterocycles. The Bertz CT molecular complexity index is 821. The topological polar surface area (TPSA) is 77.4 Å². The number of hydrogen-bond acceptors (Lipinski definition) is 5. The maximum atomic E-state index is 13.8. The van der Waals surface area contributed by atoms with E-state index in [1.165, 1.54) is 12.1 Å². The van der Waals surface area contributed by atoms with Gasteiger partial charge in [0.2, 0.25) is 0 Å². The minimum Gasteiger partial charge on any atom is -0.372 e. The van der Waals surface area contributed by atoms with Crippen LogP contribution in [0.1, 0.15) is 11.7 Å². The van der Waals surface area contributed by atoms with E-state index in [4.69, 9.17) is 25.9 Å². The summed E-state index contributed by atoms with van der Waals surface area (Å²) in [5.74, 6) is -0.446. The van der Waals surface area contributed by atoms with E-state index in [1.54, 1.807) is 29.0 Å². The number of hydrogen-bond donors (Lipinski definition) is 1. The molecular formula is C18H18ClFN2O4. The smallest absolute Gasteiger partial charge is 0.372 e. The molecule has 1 aliphatic heterocycles. The summed E-state index contributed by atoms with van der Waals surface area (Å²) in [5, 5.41) is 3.40. The number of pyridine rings is 1. The molecule has 8 heteroatoms. The van der Waals surface area contributed by atoms with Crippen LogP contribution in [0.15, 0.2) is 47.4 Å². The van der Waals surface area contributed by atoms with E-state index in [-0.39, 0.29) is 28.8 Å². The summed E-state index contributed by atoms with van der Waals surface area (Å²) in [6.07, 6.45) is 1.72. The number of nitrogens with one attached hydrogen (secondary N) is 1. The standard InChI is InChI=1S/C17H18ClFN2O2.CO2/c18-14-5-4-12(9-15(14)19)17-13(10-20-6-8-23-17)11-21-7-2-1-3-16(21)22;2-1-3/h1-5,7,9,13,17,20H,6,8,10-11H2;/t13-,17-;/m1./s1. The predicted octanol–water partition coefficient (Wildman–Crippen LogP) is 2.03. The van der Waals surface area contributed by atoms with Crippen molar-refractivity contribution < 1.29 is 18.7 Å². The van der Waals surface area contributed by atoms with E-state index in [1.807, 2.05) is 6.07 Å². The molecular weight excluding hydrogens is 363 g/mol. The first-order valence-electron chi connectivity index (χ1n) is 7.99. The van der Waals surface area contributed by atoms with Crippen LogP contribution in [-0.2, 0) is 20.9 Å². The average molecular weight is 381 g/mol. The summed E-state index contributed by atoms with van der Waals surface area (Å²) < 4.78 is 21.4. The van der Waals surface area contributed by atoms with Crippen LogP contribution in [0.5, 0.6) is 0 Å². The van der Waals surface area contributed by atoms with Crippen molar-refractivity contribution in [1.29, 1.82) is 0 Å². The maximum absolute atomic E-state index is 13.8. The van der Waals surface area contributed by atoms with Crippen molar-refractivity contribution in [3.05, 3.63) is 69.4 Å². The molecule has 1 aromatic heterocycles. The molecule has 0 amide bonds. The number of halogens is 2. The van der Waals surface area contributed by atoms with Crippen LogP contribution in [0.4, 0.5) is 4.39 Å². The third-order valence-corrected chi connectivity index (χ3v) is 4.32. The lowest BCUT2D eigenvalue weighted by Crippen LogP contribution is -2.31. The van der Waals surface area contributed by atoms with Gasteiger partial charge < -0.3 is 14.6 Å². The van der Waals surface area contributed by atoms with E-state index in [0.717, 1.165) is 12.1 Å². The fraction of sp³-hybridized carbons (Fsp3) is 0.333. The number of ether oxygens (including phenoxy) is 1. The van der Waals surface area contributed by atoms with E-state index < -0.39 is 5.82 Å². The molecule has 0 spiro atoms. The molecule has 0 bridgehead atoms. The van der Waals surface area contributed by atoms with Crippen molar-refractivity contribution in [1.82, 2.24) is 9.88 Å². The Balaban J connectivity index is 0.000000758. The van der Waals surface area contributed by atoms with Gasteiger partial charge in [-0.3, -0.25) is 4.79 Å². The van der Waals surface area contributed by atoms with Crippen LogP contribution in [-0.4, -0.2) is 30.4 Å². The molecule has 0 unspecified atom stereocenters. The second-order valence-corrected chi connectivity index (χ2v) is 6.11. The Kier molecular flexibility index (Phi) is 7.69. The van der Waals surface area contributed by atoms with Crippen LogP contribution in [0.2, 0.25) is 5.02 Å². The largest absolute Gasteiger partial charge is 0.373 e. The average Bonchev–Trinajstić information content (AvgIpc) is 2.86. The molecule has 1 aromatic carbocycles. The molecule has 3 rings (SSSR count). The van der Waals surface area contributed by atoms with Gasteiger partial charge in [-0.15, -0.1) is 0 Å². The lowest BCUT2D eigenvalue weighted by atomic mass is 9.95. The van der Waals surface area contributed by atoms with E-state index >= 15 is 0 Å². The third kappa shape index (κ3) is 5.34. The maximum Gasteiger partial charge on any atom is 0.373 e. The van der Waals surface area contributed by atoms with Crippen molar-refractivity contribution in [2.75, 3.05) is 19.7 Å². The first-order valence-corrected chi connectivity index (χ1v) is 8.36. The summed E-state index contributed by atoms with van der Waals surface area (Å²) in [5.41, 5.74) is 0.683. The van der Waals surface area contributed by atoms with Crippen molar-refractivity contribution >= 4 is 17.8 Å². The van der Waals surface area contributed by atoms with Crippen molar-refractivity contribution in [2.24, 2.45) is 5.92 Å². The Labute approximate surface area is 154 Å². The zero-order valence-corrected chi connectivity index (χ0v) is 14.6. The van der Waals surface area contributed by atoms with Crippen LogP contribution in [0.3, 0.4) is 0 Å². The summed E-state index contributed by atoms with van der Waals surface area (Å²) in [6.45, 7) is 2.46. The highest BCUT2D eigenvalue weighted by molar-refractivity contribution is 6.30. The van der Waals surface area contributed by atoms with Gasteiger partial charge in [0.1, 0.15) is 5.82 Å². The highest BCUT2D eigenvalue weighted by atomic mass is 35.5. The van der Waals surface area contributed by atoms with Crippen LogP contribution < -0.4 is 10.9 Å².